The van der Waals surface area contributed by atoms with Crippen LogP contribution < -0.4 is 0 Å². The van der Waals surface area contributed by atoms with Crippen molar-refractivity contribution in [2.75, 3.05) is 32.8 Å². The summed E-state index contributed by atoms with van der Waals surface area (Å²) >= 11 is 0. The number of aromatic nitrogens is 1. The number of rotatable bonds is 5. The van der Waals surface area contributed by atoms with Gasteiger partial charge in [-0.25, -0.2) is 0 Å². The van der Waals surface area contributed by atoms with Crippen molar-refractivity contribution < 1.29 is 19.4 Å². The predicted octanol–water partition coefficient (Wildman–Crippen LogP) is 3.26. The second kappa shape index (κ2) is 11.6. The highest BCUT2D eigenvalue weighted by molar-refractivity contribution is 5.76. The van der Waals surface area contributed by atoms with Gasteiger partial charge in [0.15, 0.2) is 0 Å². The number of benzene rings is 1. The third-order valence-corrected chi connectivity index (χ3v) is 7.52. The Morgan fingerprint density at radius 2 is 1.86 bits per heavy atom. The maximum absolute atomic E-state index is 12.8. The molecule has 1 aromatic carbocycles. The highest BCUT2D eigenvalue weighted by Crippen LogP contribution is 2.30. The lowest BCUT2D eigenvalue weighted by Crippen LogP contribution is -2.55. The van der Waals surface area contributed by atoms with Gasteiger partial charge in [0, 0.05) is 44.6 Å². The second-order valence-corrected chi connectivity index (χ2v) is 10.1. The standard InChI is InChI=1S/C28H37N3O4/c32-24-18-31(17-21-5-4-6-23(15-21)22-9-11-29-12-10-22)26-8-7-25(35-27(26)20-34-19-24)16-28(33)30-13-2-1-3-14-30/h4-6,9-12,15,24-27,32H,1-3,7-8,13-14,16-20H2/t24-,25+,26+,27-/m1/s1. The minimum absolute atomic E-state index is 0.0597. The van der Waals surface area contributed by atoms with Crippen molar-refractivity contribution in [1.82, 2.24) is 14.8 Å². The number of hydrogen-bond donors (Lipinski definition) is 1. The summed E-state index contributed by atoms with van der Waals surface area (Å²) in [6, 6.07) is 12.8. The Morgan fingerprint density at radius 1 is 1.03 bits per heavy atom. The van der Waals surface area contributed by atoms with Crippen molar-refractivity contribution in [1.29, 1.82) is 0 Å². The van der Waals surface area contributed by atoms with Crippen molar-refractivity contribution in [3.8, 4) is 11.1 Å². The molecule has 3 saturated heterocycles. The summed E-state index contributed by atoms with van der Waals surface area (Å²) in [6.07, 6.45) is 8.61. The van der Waals surface area contributed by atoms with Gasteiger partial charge < -0.3 is 19.5 Å². The number of aliphatic hydroxyl groups is 1. The lowest BCUT2D eigenvalue weighted by atomic mass is 9.93. The number of piperidine rings is 1. The molecule has 35 heavy (non-hydrogen) atoms. The highest BCUT2D eigenvalue weighted by atomic mass is 16.5. The fourth-order valence-electron chi connectivity index (χ4n) is 5.72. The molecule has 1 amide bonds. The van der Waals surface area contributed by atoms with Crippen LogP contribution in [-0.2, 0) is 20.8 Å². The number of aliphatic hydroxyl groups excluding tert-OH is 1. The summed E-state index contributed by atoms with van der Waals surface area (Å²) < 4.78 is 12.3. The van der Waals surface area contributed by atoms with E-state index in [-0.39, 0.29) is 24.2 Å². The van der Waals surface area contributed by atoms with E-state index in [4.69, 9.17) is 9.47 Å². The van der Waals surface area contributed by atoms with Gasteiger partial charge in [0.25, 0.3) is 0 Å². The summed E-state index contributed by atoms with van der Waals surface area (Å²) in [6.45, 7) is 3.79. The molecule has 7 heteroatoms. The molecular formula is C28H37N3O4. The minimum Gasteiger partial charge on any atom is -0.389 e. The first-order valence-corrected chi connectivity index (χ1v) is 13.1. The molecule has 0 spiro atoms. The van der Waals surface area contributed by atoms with Gasteiger partial charge in [-0.1, -0.05) is 18.2 Å². The average Bonchev–Trinajstić information content (AvgIpc) is 2.89. The SMILES string of the molecule is O=C(C[C@@H]1CC[C@H]2[C@@H](COC[C@H](O)CN2Cc2cccc(-c3ccncc3)c2)O1)N1CCCCC1. The van der Waals surface area contributed by atoms with E-state index in [1.807, 2.05) is 29.4 Å². The summed E-state index contributed by atoms with van der Waals surface area (Å²) in [7, 11) is 0. The topological polar surface area (TPSA) is 75.1 Å². The molecule has 0 saturated carbocycles. The van der Waals surface area contributed by atoms with E-state index in [1.54, 1.807) is 0 Å². The molecule has 4 atom stereocenters. The van der Waals surface area contributed by atoms with E-state index in [0.717, 1.165) is 56.4 Å². The normalized spacial score (nSPS) is 28.1. The molecule has 188 valence electrons. The minimum atomic E-state index is -0.530. The Kier molecular flexibility index (Phi) is 8.09. The number of likely N-dealkylation sites (tertiary alicyclic amines) is 1. The van der Waals surface area contributed by atoms with Gasteiger partial charge in [-0.15, -0.1) is 0 Å². The lowest BCUT2D eigenvalue weighted by molar-refractivity contribution is -0.161. The Hall–Kier alpha value is -2.32. The van der Waals surface area contributed by atoms with Crippen molar-refractivity contribution in [3.05, 3.63) is 54.4 Å². The summed E-state index contributed by atoms with van der Waals surface area (Å²) in [4.78, 5) is 21.3. The fraction of sp³-hybridized carbons (Fsp3) is 0.571. The first kappa shape index (κ1) is 24.4. The first-order valence-electron chi connectivity index (χ1n) is 13.1. The molecule has 0 unspecified atom stereocenters. The molecule has 2 aromatic rings. The third-order valence-electron chi connectivity index (χ3n) is 7.52. The van der Waals surface area contributed by atoms with Gasteiger partial charge in [-0.3, -0.25) is 14.7 Å². The van der Waals surface area contributed by atoms with Crippen LogP contribution in [0.2, 0.25) is 0 Å². The Morgan fingerprint density at radius 3 is 2.69 bits per heavy atom. The molecule has 0 aliphatic carbocycles. The van der Waals surface area contributed by atoms with Gasteiger partial charge >= 0.3 is 0 Å². The zero-order valence-corrected chi connectivity index (χ0v) is 20.4. The molecular weight excluding hydrogens is 442 g/mol. The third kappa shape index (κ3) is 6.28. The molecule has 0 radical (unpaired) electrons. The molecule has 3 fully saturated rings. The number of carbonyl (C=O) groups excluding carboxylic acids is 1. The molecule has 3 aliphatic rings. The quantitative estimate of drug-likeness (QED) is 0.710. The predicted molar refractivity (Wildman–Crippen MR) is 134 cm³/mol. The molecule has 5 rings (SSSR count). The van der Waals surface area contributed by atoms with Crippen molar-refractivity contribution in [2.45, 2.75) is 69.4 Å². The molecule has 7 nitrogen and oxygen atoms in total. The number of amides is 1. The van der Waals surface area contributed by atoms with Crippen LogP contribution in [0.1, 0.15) is 44.1 Å². The zero-order valence-electron chi connectivity index (χ0n) is 20.4. The Labute approximate surface area is 208 Å². The number of carbonyl (C=O) groups is 1. The van der Waals surface area contributed by atoms with Crippen LogP contribution in [0.3, 0.4) is 0 Å². The van der Waals surface area contributed by atoms with Crippen LogP contribution in [0.5, 0.6) is 0 Å². The Bertz CT molecular complexity index is 966. The number of pyridine rings is 1. The van der Waals surface area contributed by atoms with Crippen LogP contribution >= 0.6 is 0 Å². The maximum atomic E-state index is 12.8. The monoisotopic (exact) mass is 479 g/mol. The van der Waals surface area contributed by atoms with Crippen molar-refractivity contribution in [2.24, 2.45) is 0 Å². The van der Waals surface area contributed by atoms with Crippen LogP contribution in [0.25, 0.3) is 11.1 Å². The van der Waals surface area contributed by atoms with Gasteiger partial charge in [0.05, 0.1) is 37.9 Å². The van der Waals surface area contributed by atoms with Crippen LogP contribution in [0.4, 0.5) is 0 Å². The van der Waals surface area contributed by atoms with E-state index >= 15 is 0 Å². The largest absolute Gasteiger partial charge is 0.389 e. The number of ether oxygens (including phenoxy) is 2. The van der Waals surface area contributed by atoms with Gasteiger partial charge in [-0.05, 0) is 67.0 Å². The van der Waals surface area contributed by atoms with E-state index in [2.05, 4.69) is 34.1 Å². The molecule has 1 aromatic heterocycles. The van der Waals surface area contributed by atoms with E-state index < -0.39 is 6.10 Å². The zero-order chi connectivity index (χ0) is 24.0. The lowest BCUT2D eigenvalue weighted by Gasteiger charge is -2.44. The van der Waals surface area contributed by atoms with Crippen molar-refractivity contribution in [3.63, 3.8) is 0 Å². The van der Waals surface area contributed by atoms with Crippen LogP contribution in [0, 0.1) is 0 Å². The second-order valence-electron chi connectivity index (χ2n) is 10.1. The number of fused-ring (bicyclic) bond motifs is 1. The summed E-state index contributed by atoms with van der Waals surface area (Å²) in [5, 5.41) is 10.5. The highest BCUT2D eigenvalue weighted by Gasteiger charge is 2.38. The van der Waals surface area contributed by atoms with Crippen LogP contribution in [-0.4, -0.2) is 83.0 Å². The molecule has 1 N–H and O–H groups in total. The van der Waals surface area contributed by atoms with Crippen LogP contribution in [0.15, 0.2) is 48.8 Å². The molecule has 3 aliphatic heterocycles. The molecule has 4 heterocycles. The maximum Gasteiger partial charge on any atom is 0.225 e. The van der Waals surface area contributed by atoms with E-state index in [0.29, 0.717) is 26.2 Å². The average molecular weight is 480 g/mol. The first-order chi connectivity index (χ1) is 17.2. The Balaban J connectivity index is 1.26. The smallest absolute Gasteiger partial charge is 0.225 e. The van der Waals surface area contributed by atoms with E-state index in [1.165, 1.54) is 12.0 Å². The molecule has 0 bridgehead atoms. The van der Waals surface area contributed by atoms with Gasteiger partial charge in [-0.2, -0.15) is 0 Å². The van der Waals surface area contributed by atoms with Crippen molar-refractivity contribution >= 4 is 5.91 Å². The number of β-amino-alcohol motifs (C(OH)–C–C–N with tert-alkyl or cyclic N) is 1. The van der Waals surface area contributed by atoms with Gasteiger partial charge in [0.1, 0.15) is 0 Å². The fourth-order valence-corrected chi connectivity index (χ4v) is 5.72. The summed E-state index contributed by atoms with van der Waals surface area (Å²) in [5.41, 5.74) is 3.51. The van der Waals surface area contributed by atoms with Gasteiger partial charge in [0.2, 0.25) is 5.91 Å². The number of nitrogens with zero attached hydrogens (tertiary/aromatic N) is 3. The summed E-state index contributed by atoms with van der Waals surface area (Å²) in [5.74, 6) is 0.222. The van der Waals surface area contributed by atoms with E-state index in [9.17, 15) is 9.90 Å². The number of hydrogen-bond acceptors (Lipinski definition) is 6.